The van der Waals surface area contributed by atoms with Gasteiger partial charge in [-0.25, -0.2) is 0 Å². The Bertz CT molecular complexity index is 492. The molecule has 1 heteroatoms. The monoisotopic (exact) mass is 252 g/mol. The van der Waals surface area contributed by atoms with Crippen LogP contribution in [0.5, 0.6) is 0 Å². The summed E-state index contributed by atoms with van der Waals surface area (Å²) in [7, 11) is 0. The molecule has 0 aliphatic carbocycles. The zero-order valence-electron chi connectivity index (χ0n) is 11.4. The van der Waals surface area contributed by atoms with Gasteiger partial charge in [0.2, 0.25) is 0 Å². The van der Waals surface area contributed by atoms with Crippen LogP contribution >= 0.6 is 0 Å². The first kappa shape index (κ1) is 12.4. The molecule has 1 aliphatic rings. The Morgan fingerprint density at radius 3 is 2.32 bits per heavy atom. The van der Waals surface area contributed by atoms with Crippen molar-refractivity contribution in [3.8, 4) is 0 Å². The van der Waals surface area contributed by atoms with Crippen LogP contribution in [0.4, 0.5) is 0 Å². The lowest BCUT2D eigenvalue weighted by Gasteiger charge is -2.30. The highest BCUT2D eigenvalue weighted by Crippen LogP contribution is 2.21. The molecule has 2 aromatic carbocycles. The predicted molar refractivity (Wildman–Crippen MR) is 79.3 cm³/mol. The van der Waals surface area contributed by atoms with Crippen molar-refractivity contribution in [1.29, 1.82) is 0 Å². The summed E-state index contributed by atoms with van der Waals surface area (Å²) in [6.45, 7) is 3.77. The summed E-state index contributed by atoms with van der Waals surface area (Å²) in [5.41, 5.74) is 2.99. The largest absolute Gasteiger partial charge is 0.331 e. The molecule has 1 saturated heterocycles. The molecule has 1 N–H and O–H groups in total. The summed E-state index contributed by atoms with van der Waals surface area (Å²) < 4.78 is 0. The molecule has 98 valence electrons. The maximum Gasteiger partial charge on any atom is 0.103 e. The lowest BCUT2D eigenvalue weighted by Crippen LogP contribution is -3.12. The van der Waals surface area contributed by atoms with E-state index in [2.05, 4.69) is 60.7 Å². The lowest BCUT2D eigenvalue weighted by molar-refractivity contribution is -0.920. The van der Waals surface area contributed by atoms with E-state index in [4.69, 9.17) is 0 Å². The molecular formula is C18H22N+. The van der Waals surface area contributed by atoms with Gasteiger partial charge in [0.1, 0.15) is 6.54 Å². The third-order valence-corrected chi connectivity index (χ3v) is 4.19. The van der Waals surface area contributed by atoms with Gasteiger partial charge < -0.3 is 4.90 Å². The molecule has 1 fully saturated rings. The first-order chi connectivity index (χ1) is 9.42. The van der Waals surface area contributed by atoms with E-state index < -0.39 is 0 Å². The van der Waals surface area contributed by atoms with Gasteiger partial charge >= 0.3 is 0 Å². The standard InChI is InChI=1S/C18H21N/c1-3-8-16(9-4-1)14-19-13-7-12-18(15-19)17-10-5-2-6-11-17/h1-6,8-11,18H,7,12-15H2/p+1/t18-/m0/s1. The van der Waals surface area contributed by atoms with Gasteiger partial charge in [0.05, 0.1) is 13.1 Å². The third-order valence-electron chi connectivity index (χ3n) is 4.19. The van der Waals surface area contributed by atoms with Crippen LogP contribution in [0.2, 0.25) is 0 Å². The summed E-state index contributed by atoms with van der Waals surface area (Å²) in [6, 6.07) is 21.9. The Morgan fingerprint density at radius 2 is 1.58 bits per heavy atom. The van der Waals surface area contributed by atoms with E-state index >= 15 is 0 Å². The van der Waals surface area contributed by atoms with Crippen molar-refractivity contribution in [3.63, 3.8) is 0 Å². The highest BCUT2D eigenvalue weighted by molar-refractivity contribution is 5.19. The molecule has 0 bridgehead atoms. The van der Waals surface area contributed by atoms with Crippen molar-refractivity contribution in [2.75, 3.05) is 13.1 Å². The Labute approximate surface area is 115 Å². The number of nitrogens with one attached hydrogen (secondary N) is 1. The summed E-state index contributed by atoms with van der Waals surface area (Å²) >= 11 is 0. The normalized spacial score (nSPS) is 23.2. The molecular weight excluding hydrogens is 230 g/mol. The summed E-state index contributed by atoms with van der Waals surface area (Å²) in [5.74, 6) is 0.744. The average Bonchev–Trinajstić information content (AvgIpc) is 2.49. The first-order valence-electron chi connectivity index (χ1n) is 7.34. The van der Waals surface area contributed by atoms with Crippen molar-refractivity contribution < 1.29 is 4.90 Å². The van der Waals surface area contributed by atoms with Gasteiger partial charge in [-0.1, -0.05) is 60.7 Å². The number of benzene rings is 2. The second-order valence-electron chi connectivity index (χ2n) is 5.62. The van der Waals surface area contributed by atoms with Crippen molar-refractivity contribution in [1.82, 2.24) is 0 Å². The van der Waals surface area contributed by atoms with Crippen LogP contribution in [0.25, 0.3) is 0 Å². The topological polar surface area (TPSA) is 4.44 Å². The Balaban J connectivity index is 1.65. The Hall–Kier alpha value is -1.60. The molecule has 0 saturated carbocycles. The van der Waals surface area contributed by atoms with Gasteiger partial charge in [0, 0.05) is 11.5 Å². The molecule has 1 nitrogen and oxygen atoms in total. The van der Waals surface area contributed by atoms with Crippen LogP contribution in [0.15, 0.2) is 60.7 Å². The molecule has 1 aliphatic heterocycles. The zero-order chi connectivity index (χ0) is 12.9. The maximum absolute atomic E-state index is 2.29. The van der Waals surface area contributed by atoms with Crippen molar-refractivity contribution in [2.24, 2.45) is 0 Å². The number of rotatable bonds is 3. The highest BCUT2D eigenvalue weighted by Gasteiger charge is 2.24. The molecule has 19 heavy (non-hydrogen) atoms. The van der Waals surface area contributed by atoms with Crippen LogP contribution < -0.4 is 4.90 Å². The Morgan fingerprint density at radius 1 is 0.895 bits per heavy atom. The predicted octanol–water partition coefficient (Wildman–Crippen LogP) is 2.65. The fourth-order valence-electron chi connectivity index (χ4n) is 3.21. The smallest absolute Gasteiger partial charge is 0.103 e. The molecule has 3 rings (SSSR count). The van der Waals surface area contributed by atoms with Crippen molar-refractivity contribution >= 4 is 0 Å². The zero-order valence-corrected chi connectivity index (χ0v) is 11.4. The number of hydrogen-bond acceptors (Lipinski definition) is 0. The molecule has 2 aromatic rings. The van der Waals surface area contributed by atoms with Gasteiger partial charge in [-0.05, 0) is 18.4 Å². The number of piperidine rings is 1. The van der Waals surface area contributed by atoms with Gasteiger partial charge in [-0.2, -0.15) is 0 Å². The van der Waals surface area contributed by atoms with Crippen LogP contribution in [0, 0.1) is 0 Å². The van der Waals surface area contributed by atoms with Crippen LogP contribution in [-0.4, -0.2) is 13.1 Å². The van der Waals surface area contributed by atoms with Gasteiger partial charge in [-0.15, -0.1) is 0 Å². The number of hydrogen-bond donors (Lipinski definition) is 1. The van der Waals surface area contributed by atoms with E-state index in [1.54, 1.807) is 4.90 Å². The van der Waals surface area contributed by atoms with Crippen LogP contribution in [0.1, 0.15) is 29.9 Å². The fraction of sp³-hybridized carbons (Fsp3) is 0.333. The average molecular weight is 252 g/mol. The maximum atomic E-state index is 2.29. The molecule has 0 aromatic heterocycles. The summed E-state index contributed by atoms with van der Waals surface area (Å²) in [6.07, 6.45) is 2.70. The minimum Gasteiger partial charge on any atom is -0.331 e. The number of likely N-dealkylation sites (tertiary alicyclic amines) is 1. The quantitative estimate of drug-likeness (QED) is 0.856. The molecule has 1 heterocycles. The molecule has 1 unspecified atom stereocenters. The minimum absolute atomic E-state index is 0.744. The third kappa shape index (κ3) is 3.24. The molecule has 0 amide bonds. The fourth-order valence-corrected chi connectivity index (χ4v) is 3.21. The first-order valence-corrected chi connectivity index (χ1v) is 7.34. The van der Waals surface area contributed by atoms with E-state index in [9.17, 15) is 0 Å². The van der Waals surface area contributed by atoms with E-state index in [1.165, 1.54) is 43.6 Å². The van der Waals surface area contributed by atoms with Crippen LogP contribution in [-0.2, 0) is 6.54 Å². The second kappa shape index (κ2) is 6.03. The molecule has 0 radical (unpaired) electrons. The van der Waals surface area contributed by atoms with E-state index in [1.807, 2.05) is 0 Å². The Kier molecular flexibility index (Phi) is 3.95. The van der Waals surface area contributed by atoms with Gasteiger partial charge in [0.25, 0.3) is 0 Å². The van der Waals surface area contributed by atoms with Crippen molar-refractivity contribution in [3.05, 3.63) is 71.8 Å². The van der Waals surface area contributed by atoms with Crippen LogP contribution in [0.3, 0.4) is 0 Å². The van der Waals surface area contributed by atoms with E-state index in [-0.39, 0.29) is 0 Å². The molecule has 0 spiro atoms. The second-order valence-corrected chi connectivity index (χ2v) is 5.62. The minimum atomic E-state index is 0.744. The molecule has 2 atom stereocenters. The van der Waals surface area contributed by atoms with E-state index in [0.29, 0.717) is 0 Å². The summed E-state index contributed by atoms with van der Waals surface area (Å²) in [4.78, 5) is 1.73. The van der Waals surface area contributed by atoms with E-state index in [0.717, 1.165) is 5.92 Å². The van der Waals surface area contributed by atoms with Gasteiger partial charge in [0.15, 0.2) is 0 Å². The lowest BCUT2D eigenvalue weighted by atomic mass is 9.90. The highest BCUT2D eigenvalue weighted by atomic mass is 15.1. The number of quaternary nitrogens is 1. The van der Waals surface area contributed by atoms with Crippen molar-refractivity contribution in [2.45, 2.75) is 25.3 Å². The SMILES string of the molecule is c1ccc(C[NH+]2CCC[C@H](c3ccccc3)C2)cc1. The van der Waals surface area contributed by atoms with Gasteiger partial charge in [-0.3, -0.25) is 0 Å². The summed E-state index contributed by atoms with van der Waals surface area (Å²) in [5, 5.41) is 0.